The van der Waals surface area contributed by atoms with E-state index >= 15 is 0 Å². The van der Waals surface area contributed by atoms with Gasteiger partial charge in [-0.15, -0.1) is 0 Å². The Balaban J connectivity index is 2.07. The predicted molar refractivity (Wildman–Crippen MR) is 71.5 cm³/mol. The normalized spacial score (nSPS) is 19.4. The van der Waals surface area contributed by atoms with Crippen molar-refractivity contribution in [2.24, 2.45) is 0 Å². The summed E-state index contributed by atoms with van der Waals surface area (Å²) >= 11 is 0. The number of nitrogens with zero attached hydrogens (tertiary/aromatic N) is 1. The van der Waals surface area contributed by atoms with Crippen LogP contribution in [0, 0.1) is 5.82 Å². The molecule has 0 spiro atoms. The fraction of sp³-hybridized carbons (Fsp3) is 0.538. The van der Waals surface area contributed by atoms with Gasteiger partial charge in [-0.3, -0.25) is 4.90 Å². The summed E-state index contributed by atoms with van der Waals surface area (Å²) in [4.78, 5) is 2.14. The summed E-state index contributed by atoms with van der Waals surface area (Å²) in [6.45, 7) is 6.69. The SMILES string of the molecule is CC1(C)CN(Cc2ccc(B(O)O)cc2F)CCO1. The highest BCUT2D eigenvalue weighted by molar-refractivity contribution is 6.58. The molecule has 104 valence electrons. The topological polar surface area (TPSA) is 52.9 Å². The van der Waals surface area contributed by atoms with Crippen LogP contribution >= 0.6 is 0 Å². The molecule has 1 aliphatic rings. The van der Waals surface area contributed by atoms with Crippen LogP contribution < -0.4 is 5.46 Å². The van der Waals surface area contributed by atoms with Crippen molar-refractivity contribution in [3.05, 3.63) is 29.6 Å². The lowest BCUT2D eigenvalue weighted by Gasteiger charge is -2.38. The Morgan fingerprint density at radius 2 is 2.16 bits per heavy atom. The number of ether oxygens (including phenoxy) is 1. The molecule has 6 heteroatoms. The molecular weight excluding hydrogens is 248 g/mol. The van der Waals surface area contributed by atoms with Crippen molar-refractivity contribution in [2.45, 2.75) is 26.0 Å². The van der Waals surface area contributed by atoms with Gasteiger partial charge in [0.25, 0.3) is 0 Å². The van der Waals surface area contributed by atoms with Crippen molar-refractivity contribution in [2.75, 3.05) is 19.7 Å². The second kappa shape index (κ2) is 5.59. The molecule has 0 atom stereocenters. The van der Waals surface area contributed by atoms with Gasteiger partial charge < -0.3 is 14.8 Å². The summed E-state index contributed by atoms with van der Waals surface area (Å²) < 4.78 is 19.5. The zero-order chi connectivity index (χ0) is 14.0. The summed E-state index contributed by atoms with van der Waals surface area (Å²) in [5.41, 5.74) is 0.515. The number of hydrogen-bond acceptors (Lipinski definition) is 4. The van der Waals surface area contributed by atoms with Gasteiger partial charge in [-0.25, -0.2) is 4.39 Å². The number of rotatable bonds is 3. The minimum absolute atomic E-state index is 0.170. The van der Waals surface area contributed by atoms with Crippen molar-refractivity contribution >= 4 is 12.6 Å². The van der Waals surface area contributed by atoms with Gasteiger partial charge in [-0.05, 0) is 25.4 Å². The Labute approximate surface area is 113 Å². The van der Waals surface area contributed by atoms with Crippen LogP contribution in [0.1, 0.15) is 19.4 Å². The standard InChI is InChI=1S/C13H19BFNO3/c1-13(2)9-16(5-6-19-13)8-10-3-4-11(14(17)18)7-12(10)15/h3-4,7,17-18H,5-6,8-9H2,1-2H3. The molecule has 0 amide bonds. The molecule has 0 aromatic heterocycles. The quantitative estimate of drug-likeness (QED) is 0.764. The van der Waals surface area contributed by atoms with Crippen molar-refractivity contribution in [3.8, 4) is 0 Å². The van der Waals surface area contributed by atoms with Crippen molar-refractivity contribution in [1.82, 2.24) is 4.90 Å². The molecule has 1 aromatic carbocycles. The van der Waals surface area contributed by atoms with E-state index in [4.69, 9.17) is 14.8 Å². The van der Waals surface area contributed by atoms with Gasteiger partial charge in [0.15, 0.2) is 0 Å². The van der Waals surface area contributed by atoms with Crippen LogP contribution in [-0.2, 0) is 11.3 Å². The van der Waals surface area contributed by atoms with Crippen LogP contribution in [0.25, 0.3) is 0 Å². The summed E-state index contributed by atoms with van der Waals surface area (Å²) in [7, 11) is -1.63. The Hall–Kier alpha value is -0.945. The molecular formula is C13H19BFNO3. The van der Waals surface area contributed by atoms with Crippen LogP contribution in [0.15, 0.2) is 18.2 Å². The van der Waals surface area contributed by atoms with Gasteiger partial charge in [-0.2, -0.15) is 0 Å². The lowest BCUT2D eigenvalue weighted by molar-refractivity contribution is -0.0884. The molecule has 1 heterocycles. The summed E-state index contributed by atoms with van der Waals surface area (Å²) in [5, 5.41) is 18.0. The van der Waals surface area contributed by atoms with Crippen LogP contribution in [0.2, 0.25) is 0 Å². The Morgan fingerprint density at radius 3 is 2.74 bits per heavy atom. The number of halogens is 1. The van der Waals surface area contributed by atoms with E-state index < -0.39 is 12.9 Å². The molecule has 0 saturated carbocycles. The van der Waals surface area contributed by atoms with E-state index in [0.29, 0.717) is 18.7 Å². The van der Waals surface area contributed by atoms with Gasteiger partial charge in [0.1, 0.15) is 5.82 Å². The molecule has 2 N–H and O–H groups in total. The van der Waals surface area contributed by atoms with E-state index in [1.165, 1.54) is 12.1 Å². The fourth-order valence-electron chi connectivity index (χ4n) is 2.34. The molecule has 1 aromatic rings. The largest absolute Gasteiger partial charge is 0.488 e. The molecule has 0 bridgehead atoms. The maximum absolute atomic E-state index is 13.9. The summed E-state index contributed by atoms with van der Waals surface area (Å²) in [6.07, 6.45) is 0. The zero-order valence-electron chi connectivity index (χ0n) is 11.3. The van der Waals surface area contributed by atoms with Crippen molar-refractivity contribution < 1.29 is 19.2 Å². The third kappa shape index (κ3) is 3.76. The van der Waals surface area contributed by atoms with Gasteiger partial charge in [0.2, 0.25) is 0 Å². The van der Waals surface area contributed by atoms with E-state index in [-0.39, 0.29) is 11.1 Å². The third-order valence-corrected chi connectivity index (χ3v) is 3.27. The minimum atomic E-state index is -1.63. The lowest BCUT2D eigenvalue weighted by Crippen LogP contribution is -2.47. The average Bonchev–Trinajstić information content (AvgIpc) is 2.30. The Bertz CT molecular complexity index is 454. The molecule has 0 unspecified atom stereocenters. The number of morpholine rings is 1. The average molecular weight is 267 g/mol. The first-order valence-corrected chi connectivity index (χ1v) is 6.38. The van der Waals surface area contributed by atoms with Crippen LogP contribution in [0.4, 0.5) is 4.39 Å². The van der Waals surface area contributed by atoms with Crippen LogP contribution in [0.5, 0.6) is 0 Å². The van der Waals surface area contributed by atoms with Crippen molar-refractivity contribution in [1.29, 1.82) is 0 Å². The highest BCUT2D eigenvalue weighted by Gasteiger charge is 2.27. The highest BCUT2D eigenvalue weighted by Crippen LogP contribution is 2.19. The molecule has 1 saturated heterocycles. The third-order valence-electron chi connectivity index (χ3n) is 3.27. The smallest absolute Gasteiger partial charge is 0.423 e. The minimum Gasteiger partial charge on any atom is -0.423 e. The molecule has 19 heavy (non-hydrogen) atoms. The second-order valence-electron chi connectivity index (χ2n) is 5.54. The maximum Gasteiger partial charge on any atom is 0.488 e. The molecule has 0 aliphatic carbocycles. The second-order valence-corrected chi connectivity index (χ2v) is 5.54. The number of benzene rings is 1. The van der Waals surface area contributed by atoms with E-state index in [9.17, 15) is 4.39 Å². The molecule has 1 aliphatic heterocycles. The predicted octanol–water partition coefficient (Wildman–Crippen LogP) is 0.116. The van der Waals surface area contributed by atoms with E-state index in [1.807, 2.05) is 13.8 Å². The van der Waals surface area contributed by atoms with E-state index in [2.05, 4.69) is 4.90 Å². The van der Waals surface area contributed by atoms with Gasteiger partial charge >= 0.3 is 7.12 Å². The molecule has 2 rings (SSSR count). The zero-order valence-corrected chi connectivity index (χ0v) is 11.3. The monoisotopic (exact) mass is 267 g/mol. The van der Waals surface area contributed by atoms with Crippen LogP contribution in [0.3, 0.4) is 0 Å². The molecule has 4 nitrogen and oxygen atoms in total. The fourth-order valence-corrected chi connectivity index (χ4v) is 2.34. The van der Waals surface area contributed by atoms with Crippen LogP contribution in [-0.4, -0.2) is 47.4 Å². The summed E-state index contributed by atoms with van der Waals surface area (Å²) in [5.74, 6) is -0.408. The lowest BCUT2D eigenvalue weighted by atomic mass is 9.80. The summed E-state index contributed by atoms with van der Waals surface area (Å²) in [6, 6.07) is 4.31. The molecule has 0 radical (unpaired) electrons. The first kappa shape index (κ1) is 14.5. The number of hydrogen-bond donors (Lipinski definition) is 2. The highest BCUT2D eigenvalue weighted by atomic mass is 19.1. The van der Waals surface area contributed by atoms with Gasteiger partial charge in [0.05, 0.1) is 12.2 Å². The Morgan fingerprint density at radius 1 is 1.42 bits per heavy atom. The van der Waals surface area contributed by atoms with Gasteiger partial charge in [0, 0.05) is 25.2 Å². The first-order valence-electron chi connectivity index (χ1n) is 6.38. The maximum atomic E-state index is 13.9. The van der Waals surface area contributed by atoms with Crippen molar-refractivity contribution in [3.63, 3.8) is 0 Å². The molecule has 1 fully saturated rings. The Kier molecular flexibility index (Phi) is 4.25. The first-order chi connectivity index (χ1) is 8.87. The van der Waals surface area contributed by atoms with Gasteiger partial charge in [-0.1, -0.05) is 12.1 Å². The van der Waals surface area contributed by atoms with E-state index in [1.54, 1.807) is 6.07 Å². The van der Waals surface area contributed by atoms with E-state index in [0.717, 1.165) is 13.1 Å².